The van der Waals surface area contributed by atoms with E-state index in [2.05, 4.69) is 10.3 Å². The van der Waals surface area contributed by atoms with Gasteiger partial charge in [0.25, 0.3) is 0 Å². The van der Waals surface area contributed by atoms with Crippen molar-refractivity contribution in [2.45, 2.75) is 12.8 Å². The first-order valence-electron chi connectivity index (χ1n) is 5.69. The standard InChI is InChI=1S/C11H15N3O3/c15-14(16)11-4-3-10(7-13-11)17-8-9-2-1-5-12-6-9/h3-4,7,9,12H,1-2,5-6,8H2. The molecule has 1 N–H and O–H groups in total. The quantitative estimate of drug-likeness (QED) is 0.632. The molecule has 0 bridgehead atoms. The van der Waals surface area contributed by atoms with E-state index in [1.165, 1.54) is 18.7 Å². The molecular weight excluding hydrogens is 222 g/mol. The van der Waals surface area contributed by atoms with Crippen LogP contribution in [0.15, 0.2) is 18.3 Å². The minimum absolute atomic E-state index is 0.156. The van der Waals surface area contributed by atoms with Crippen LogP contribution in [-0.4, -0.2) is 29.6 Å². The van der Waals surface area contributed by atoms with Gasteiger partial charge in [0.15, 0.2) is 11.9 Å². The molecular formula is C11H15N3O3. The Balaban J connectivity index is 1.84. The lowest BCUT2D eigenvalue weighted by Crippen LogP contribution is -2.33. The van der Waals surface area contributed by atoms with Gasteiger partial charge in [0.1, 0.15) is 0 Å². The van der Waals surface area contributed by atoms with Crippen molar-refractivity contribution >= 4 is 5.82 Å². The van der Waals surface area contributed by atoms with E-state index in [1.807, 2.05) is 0 Å². The van der Waals surface area contributed by atoms with Gasteiger partial charge in [-0.25, -0.2) is 0 Å². The molecule has 1 fully saturated rings. The number of nitro groups is 1. The van der Waals surface area contributed by atoms with E-state index >= 15 is 0 Å². The summed E-state index contributed by atoms with van der Waals surface area (Å²) in [7, 11) is 0. The van der Waals surface area contributed by atoms with Crippen LogP contribution in [0.3, 0.4) is 0 Å². The van der Waals surface area contributed by atoms with E-state index in [9.17, 15) is 10.1 Å². The van der Waals surface area contributed by atoms with E-state index in [4.69, 9.17) is 4.74 Å². The van der Waals surface area contributed by atoms with Crippen LogP contribution in [-0.2, 0) is 0 Å². The van der Waals surface area contributed by atoms with E-state index in [0.29, 0.717) is 18.3 Å². The van der Waals surface area contributed by atoms with Crippen LogP contribution in [0.2, 0.25) is 0 Å². The molecule has 6 nitrogen and oxygen atoms in total. The summed E-state index contributed by atoms with van der Waals surface area (Å²) in [4.78, 5) is 13.6. The van der Waals surface area contributed by atoms with Crippen LogP contribution in [0.25, 0.3) is 0 Å². The second kappa shape index (κ2) is 5.58. The Labute approximate surface area is 99.2 Å². The summed E-state index contributed by atoms with van der Waals surface area (Å²) in [6.45, 7) is 2.68. The van der Waals surface area contributed by atoms with Crippen molar-refractivity contribution in [3.63, 3.8) is 0 Å². The molecule has 1 aliphatic heterocycles. The van der Waals surface area contributed by atoms with Crippen molar-refractivity contribution in [2.75, 3.05) is 19.7 Å². The van der Waals surface area contributed by atoms with Gasteiger partial charge in [0.05, 0.1) is 6.61 Å². The molecule has 2 heterocycles. The zero-order valence-corrected chi connectivity index (χ0v) is 9.46. The van der Waals surface area contributed by atoms with Crippen molar-refractivity contribution in [3.05, 3.63) is 28.4 Å². The lowest BCUT2D eigenvalue weighted by molar-refractivity contribution is -0.389. The number of ether oxygens (including phenoxy) is 1. The van der Waals surface area contributed by atoms with Crippen LogP contribution >= 0.6 is 0 Å². The highest BCUT2D eigenvalue weighted by atomic mass is 16.6. The predicted octanol–water partition coefficient (Wildman–Crippen LogP) is 1.37. The van der Waals surface area contributed by atoms with Gasteiger partial charge in [-0.3, -0.25) is 0 Å². The summed E-state index contributed by atoms with van der Waals surface area (Å²) in [5, 5.41) is 13.7. The molecule has 2 rings (SSSR count). The van der Waals surface area contributed by atoms with Gasteiger partial charge < -0.3 is 20.2 Å². The molecule has 1 saturated heterocycles. The molecule has 0 saturated carbocycles. The zero-order valence-electron chi connectivity index (χ0n) is 9.46. The SMILES string of the molecule is O=[N+]([O-])c1ccc(OCC2CCCNC2)cn1. The molecule has 1 unspecified atom stereocenters. The molecule has 1 aromatic heterocycles. The maximum absolute atomic E-state index is 10.4. The van der Waals surface area contributed by atoms with E-state index < -0.39 is 4.92 Å². The molecule has 92 valence electrons. The third-order valence-corrected chi connectivity index (χ3v) is 2.79. The first kappa shape index (κ1) is 11.8. The van der Waals surface area contributed by atoms with Crippen LogP contribution in [0.5, 0.6) is 5.75 Å². The number of nitrogens with one attached hydrogen (secondary N) is 1. The summed E-state index contributed by atoms with van der Waals surface area (Å²) in [5.74, 6) is 0.941. The average molecular weight is 237 g/mol. The Bertz CT molecular complexity index is 374. The molecule has 17 heavy (non-hydrogen) atoms. The lowest BCUT2D eigenvalue weighted by atomic mass is 10.0. The van der Waals surface area contributed by atoms with Gasteiger partial charge in [-0.1, -0.05) is 0 Å². The van der Waals surface area contributed by atoms with Crippen molar-refractivity contribution in [2.24, 2.45) is 5.92 Å². The first-order valence-corrected chi connectivity index (χ1v) is 5.69. The Morgan fingerprint density at radius 1 is 1.59 bits per heavy atom. The van der Waals surface area contributed by atoms with Crippen molar-refractivity contribution in [3.8, 4) is 5.75 Å². The molecule has 0 amide bonds. The molecule has 6 heteroatoms. The van der Waals surface area contributed by atoms with Crippen molar-refractivity contribution in [1.29, 1.82) is 0 Å². The molecule has 0 radical (unpaired) electrons. The number of pyridine rings is 1. The fourth-order valence-electron chi connectivity index (χ4n) is 1.85. The summed E-state index contributed by atoms with van der Waals surface area (Å²) < 4.78 is 5.56. The van der Waals surface area contributed by atoms with Gasteiger partial charge in [-0.2, -0.15) is 0 Å². The largest absolute Gasteiger partial charge is 0.489 e. The number of aromatic nitrogens is 1. The van der Waals surface area contributed by atoms with Crippen LogP contribution in [0.1, 0.15) is 12.8 Å². The van der Waals surface area contributed by atoms with Gasteiger partial charge >= 0.3 is 5.82 Å². The Morgan fingerprint density at radius 3 is 3.06 bits per heavy atom. The molecule has 0 aliphatic carbocycles. The number of piperidine rings is 1. The summed E-state index contributed by atoms with van der Waals surface area (Å²) in [6.07, 6.45) is 3.73. The van der Waals surface area contributed by atoms with Crippen molar-refractivity contribution in [1.82, 2.24) is 10.3 Å². The lowest BCUT2D eigenvalue weighted by Gasteiger charge is -2.22. The highest BCUT2D eigenvalue weighted by Crippen LogP contribution is 2.16. The van der Waals surface area contributed by atoms with Gasteiger partial charge in [-0.15, -0.1) is 0 Å². The van der Waals surface area contributed by atoms with E-state index in [0.717, 1.165) is 19.5 Å². The normalized spacial score (nSPS) is 19.9. The highest BCUT2D eigenvalue weighted by molar-refractivity contribution is 5.26. The highest BCUT2D eigenvalue weighted by Gasteiger charge is 2.14. The van der Waals surface area contributed by atoms with Gasteiger partial charge in [0.2, 0.25) is 0 Å². The molecule has 1 atom stereocenters. The second-order valence-corrected chi connectivity index (χ2v) is 4.13. The smallest absolute Gasteiger partial charge is 0.363 e. The van der Waals surface area contributed by atoms with Crippen molar-refractivity contribution < 1.29 is 9.66 Å². The van der Waals surface area contributed by atoms with Crippen LogP contribution in [0.4, 0.5) is 5.82 Å². The third-order valence-electron chi connectivity index (χ3n) is 2.79. The van der Waals surface area contributed by atoms with Crippen LogP contribution < -0.4 is 10.1 Å². The number of hydrogen-bond donors (Lipinski definition) is 1. The third kappa shape index (κ3) is 3.39. The molecule has 1 aliphatic rings. The zero-order chi connectivity index (χ0) is 12.1. The number of nitrogens with zero attached hydrogens (tertiary/aromatic N) is 2. The summed E-state index contributed by atoms with van der Waals surface area (Å²) in [6, 6.07) is 2.94. The summed E-state index contributed by atoms with van der Waals surface area (Å²) >= 11 is 0. The summed E-state index contributed by atoms with van der Waals surface area (Å²) in [5.41, 5.74) is 0. The maximum Gasteiger partial charge on any atom is 0.363 e. The molecule has 0 aromatic carbocycles. The fraction of sp³-hybridized carbons (Fsp3) is 0.545. The fourth-order valence-corrected chi connectivity index (χ4v) is 1.85. The predicted molar refractivity (Wildman–Crippen MR) is 62.0 cm³/mol. The van der Waals surface area contributed by atoms with Gasteiger partial charge in [-0.05, 0) is 35.4 Å². The topological polar surface area (TPSA) is 77.3 Å². The minimum atomic E-state index is -0.519. The average Bonchev–Trinajstić information content (AvgIpc) is 2.38. The molecule has 1 aromatic rings. The second-order valence-electron chi connectivity index (χ2n) is 4.13. The maximum atomic E-state index is 10.4. The number of rotatable bonds is 4. The minimum Gasteiger partial charge on any atom is -0.489 e. The van der Waals surface area contributed by atoms with Crippen LogP contribution in [0, 0.1) is 16.0 Å². The Hall–Kier alpha value is -1.69. The monoisotopic (exact) mass is 237 g/mol. The Kier molecular flexibility index (Phi) is 3.87. The first-order chi connectivity index (χ1) is 8.25. The Morgan fingerprint density at radius 2 is 2.47 bits per heavy atom. The van der Waals surface area contributed by atoms with E-state index in [1.54, 1.807) is 6.07 Å². The van der Waals surface area contributed by atoms with E-state index in [-0.39, 0.29) is 5.82 Å². The molecule has 0 spiro atoms. The van der Waals surface area contributed by atoms with Gasteiger partial charge in [0, 0.05) is 18.5 Å². The number of hydrogen-bond acceptors (Lipinski definition) is 5.